The van der Waals surface area contributed by atoms with Gasteiger partial charge in [-0.25, -0.2) is 15.0 Å². The first-order valence-corrected chi connectivity index (χ1v) is 8.64. The van der Waals surface area contributed by atoms with Crippen LogP contribution in [0.2, 0.25) is 0 Å². The standard InChI is InChI=1S/C18H21N5O4/c1-18(26)14(25)12(8-24)27-17(18)23-10-22-13-15(20-9-21-16(13)23)19-7-11-5-3-2-4-6-11/h2-6,9-10,12,14,17,24-26H,7-8H2,1H3,(H,19,20,21)/t12-,14?,17-,18+/m1/s1. The Hall–Kier alpha value is -2.59. The number of aromatic nitrogens is 4. The number of hydrogen-bond donors (Lipinski definition) is 4. The molecule has 0 spiro atoms. The molecule has 4 N–H and O–H groups in total. The number of nitrogens with one attached hydrogen (secondary N) is 1. The molecule has 3 heterocycles. The lowest BCUT2D eigenvalue weighted by molar-refractivity contribution is -0.0950. The fraction of sp³-hybridized carbons (Fsp3) is 0.389. The highest BCUT2D eigenvalue weighted by Gasteiger charge is 2.53. The molecule has 1 fully saturated rings. The summed E-state index contributed by atoms with van der Waals surface area (Å²) in [5.74, 6) is 0.555. The summed E-state index contributed by atoms with van der Waals surface area (Å²) in [6.07, 6.45) is -0.176. The maximum absolute atomic E-state index is 10.7. The van der Waals surface area contributed by atoms with Crippen molar-refractivity contribution >= 4 is 17.0 Å². The number of rotatable bonds is 5. The van der Waals surface area contributed by atoms with Gasteiger partial charge in [0, 0.05) is 6.54 Å². The summed E-state index contributed by atoms with van der Waals surface area (Å²) in [4.78, 5) is 12.9. The SMILES string of the molecule is C[C@]1(O)C(O)[C@@H](CO)O[C@H]1n1cnc2c(NCc3ccccc3)ncnc21. The van der Waals surface area contributed by atoms with Crippen molar-refractivity contribution in [2.24, 2.45) is 0 Å². The summed E-state index contributed by atoms with van der Waals surface area (Å²) in [5.41, 5.74) is 0.468. The van der Waals surface area contributed by atoms with Gasteiger partial charge in [0.2, 0.25) is 0 Å². The molecule has 9 heteroatoms. The molecule has 0 bridgehead atoms. The molecular weight excluding hydrogens is 350 g/mol. The number of aliphatic hydroxyl groups is 3. The van der Waals surface area contributed by atoms with Crippen molar-refractivity contribution in [2.75, 3.05) is 11.9 Å². The van der Waals surface area contributed by atoms with E-state index in [1.54, 1.807) is 4.57 Å². The predicted molar refractivity (Wildman–Crippen MR) is 96.7 cm³/mol. The van der Waals surface area contributed by atoms with Gasteiger partial charge in [0.25, 0.3) is 0 Å². The molecule has 0 amide bonds. The normalized spacial score (nSPS) is 27.9. The quantitative estimate of drug-likeness (QED) is 0.509. The lowest BCUT2D eigenvalue weighted by Gasteiger charge is -2.27. The van der Waals surface area contributed by atoms with Crippen LogP contribution >= 0.6 is 0 Å². The zero-order chi connectivity index (χ0) is 19.0. The Morgan fingerprint density at radius 1 is 1.22 bits per heavy atom. The van der Waals surface area contributed by atoms with Crippen molar-refractivity contribution in [1.82, 2.24) is 19.5 Å². The van der Waals surface area contributed by atoms with E-state index in [9.17, 15) is 15.3 Å². The topological polar surface area (TPSA) is 126 Å². The number of imidazole rings is 1. The van der Waals surface area contributed by atoms with Gasteiger partial charge in [0.05, 0.1) is 12.9 Å². The van der Waals surface area contributed by atoms with E-state index < -0.39 is 30.6 Å². The summed E-state index contributed by atoms with van der Waals surface area (Å²) in [6, 6.07) is 9.89. The smallest absolute Gasteiger partial charge is 0.168 e. The van der Waals surface area contributed by atoms with Crippen LogP contribution in [0.15, 0.2) is 43.0 Å². The van der Waals surface area contributed by atoms with E-state index in [1.165, 1.54) is 19.6 Å². The second-order valence-corrected chi connectivity index (χ2v) is 6.77. The first-order chi connectivity index (χ1) is 13.0. The van der Waals surface area contributed by atoms with E-state index in [0.717, 1.165) is 5.56 Å². The number of nitrogens with zero attached hydrogens (tertiary/aromatic N) is 4. The van der Waals surface area contributed by atoms with Crippen LogP contribution in [-0.4, -0.2) is 59.3 Å². The Labute approximate surface area is 155 Å². The molecule has 1 aromatic carbocycles. The Bertz CT molecular complexity index is 930. The zero-order valence-electron chi connectivity index (χ0n) is 14.7. The molecule has 0 saturated carbocycles. The van der Waals surface area contributed by atoms with Gasteiger partial charge < -0.3 is 25.4 Å². The van der Waals surface area contributed by atoms with Crippen LogP contribution in [0, 0.1) is 0 Å². The van der Waals surface area contributed by atoms with E-state index in [2.05, 4.69) is 20.3 Å². The van der Waals surface area contributed by atoms with Crippen LogP contribution in [0.5, 0.6) is 0 Å². The Morgan fingerprint density at radius 2 is 2.00 bits per heavy atom. The molecule has 9 nitrogen and oxygen atoms in total. The number of fused-ring (bicyclic) bond motifs is 1. The Morgan fingerprint density at radius 3 is 2.70 bits per heavy atom. The third-order valence-electron chi connectivity index (χ3n) is 4.85. The first kappa shape index (κ1) is 17.8. The second kappa shape index (κ2) is 6.86. The third kappa shape index (κ3) is 3.04. The van der Waals surface area contributed by atoms with E-state index in [-0.39, 0.29) is 0 Å². The molecule has 4 rings (SSSR count). The van der Waals surface area contributed by atoms with Crippen LogP contribution < -0.4 is 5.32 Å². The van der Waals surface area contributed by atoms with Gasteiger partial charge >= 0.3 is 0 Å². The van der Waals surface area contributed by atoms with Gasteiger partial charge in [-0.3, -0.25) is 4.57 Å². The monoisotopic (exact) mass is 371 g/mol. The largest absolute Gasteiger partial charge is 0.394 e. The van der Waals surface area contributed by atoms with Crippen molar-refractivity contribution in [3.8, 4) is 0 Å². The van der Waals surface area contributed by atoms with E-state index in [1.807, 2.05) is 30.3 Å². The van der Waals surface area contributed by atoms with E-state index in [0.29, 0.717) is 23.5 Å². The first-order valence-electron chi connectivity index (χ1n) is 8.64. The molecule has 2 aromatic heterocycles. The molecule has 27 heavy (non-hydrogen) atoms. The Balaban J connectivity index is 1.65. The minimum atomic E-state index is -1.61. The van der Waals surface area contributed by atoms with Gasteiger partial charge in [-0.1, -0.05) is 30.3 Å². The highest BCUT2D eigenvalue weighted by molar-refractivity contribution is 5.82. The van der Waals surface area contributed by atoms with Crippen LogP contribution in [0.3, 0.4) is 0 Å². The summed E-state index contributed by atoms with van der Waals surface area (Å²) >= 11 is 0. The highest BCUT2D eigenvalue weighted by atomic mass is 16.6. The maximum Gasteiger partial charge on any atom is 0.168 e. The Kier molecular flexibility index (Phi) is 4.52. The maximum atomic E-state index is 10.7. The molecule has 0 radical (unpaired) electrons. The molecule has 0 aliphatic carbocycles. The molecule has 1 aliphatic heterocycles. The van der Waals surface area contributed by atoms with Crippen LogP contribution in [0.25, 0.3) is 11.2 Å². The lowest BCUT2D eigenvalue weighted by atomic mass is 9.96. The van der Waals surface area contributed by atoms with Crippen LogP contribution in [0.1, 0.15) is 18.7 Å². The summed E-state index contributed by atoms with van der Waals surface area (Å²) < 4.78 is 7.20. The molecule has 1 saturated heterocycles. The van der Waals surface area contributed by atoms with Crippen molar-refractivity contribution < 1.29 is 20.1 Å². The van der Waals surface area contributed by atoms with Crippen molar-refractivity contribution in [3.05, 3.63) is 48.5 Å². The van der Waals surface area contributed by atoms with E-state index >= 15 is 0 Å². The minimum Gasteiger partial charge on any atom is -0.394 e. The average molecular weight is 371 g/mol. The van der Waals surface area contributed by atoms with Gasteiger partial charge in [0.15, 0.2) is 23.2 Å². The lowest BCUT2D eigenvalue weighted by Crippen LogP contribution is -2.44. The fourth-order valence-electron chi connectivity index (χ4n) is 3.32. The number of benzene rings is 1. The van der Waals surface area contributed by atoms with Crippen molar-refractivity contribution in [2.45, 2.75) is 37.5 Å². The summed E-state index contributed by atoms with van der Waals surface area (Å²) in [5, 5.41) is 33.5. The van der Waals surface area contributed by atoms with Crippen molar-refractivity contribution in [3.63, 3.8) is 0 Å². The third-order valence-corrected chi connectivity index (χ3v) is 4.85. The van der Waals surface area contributed by atoms with Crippen molar-refractivity contribution in [1.29, 1.82) is 0 Å². The number of anilines is 1. The average Bonchev–Trinajstić information content (AvgIpc) is 3.20. The van der Waals surface area contributed by atoms with Gasteiger partial charge in [0.1, 0.15) is 24.1 Å². The van der Waals surface area contributed by atoms with Crippen LogP contribution in [-0.2, 0) is 11.3 Å². The molecular formula is C18H21N5O4. The molecule has 4 atom stereocenters. The summed E-state index contributed by atoms with van der Waals surface area (Å²) in [7, 11) is 0. The predicted octanol–water partition coefficient (Wildman–Crippen LogP) is 0.440. The van der Waals surface area contributed by atoms with Gasteiger partial charge in [-0.15, -0.1) is 0 Å². The summed E-state index contributed by atoms with van der Waals surface area (Å²) in [6.45, 7) is 1.63. The van der Waals surface area contributed by atoms with Gasteiger partial charge in [-0.05, 0) is 12.5 Å². The highest BCUT2D eigenvalue weighted by Crippen LogP contribution is 2.39. The van der Waals surface area contributed by atoms with Gasteiger partial charge in [-0.2, -0.15) is 0 Å². The minimum absolute atomic E-state index is 0.403. The molecule has 3 aromatic rings. The number of aliphatic hydroxyl groups excluding tert-OH is 2. The fourth-order valence-corrected chi connectivity index (χ4v) is 3.32. The van der Waals surface area contributed by atoms with Crippen LogP contribution in [0.4, 0.5) is 5.82 Å². The molecule has 142 valence electrons. The number of ether oxygens (including phenoxy) is 1. The molecule has 1 aliphatic rings. The molecule has 1 unspecified atom stereocenters. The number of hydrogen-bond acceptors (Lipinski definition) is 8. The zero-order valence-corrected chi connectivity index (χ0v) is 14.7. The van der Waals surface area contributed by atoms with E-state index in [4.69, 9.17) is 4.74 Å². The second-order valence-electron chi connectivity index (χ2n) is 6.77.